The molecule has 2 aromatic rings. The molecule has 1 heterocycles. The number of fused-ring (bicyclic) bond motifs is 1. The lowest BCUT2D eigenvalue weighted by atomic mass is 9.96. The summed E-state index contributed by atoms with van der Waals surface area (Å²) in [5, 5.41) is 12.1. The number of hydrogen-bond donors (Lipinski definition) is 1. The Morgan fingerprint density at radius 1 is 1.50 bits per heavy atom. The first-order chi connectivity index (χ1) is 8.43. The monoisotopic (exact) mass is 245 g/mol. The molecule has 0 spiro atoms. The van der Waals surface area contributed by atoms with Gasteiger partial charge in [0.25, 0.3) is 0 Å². The molecule has 0 atom stereocenters. The second-order valence-corrected chi connectivity index (χ2v) is 4.96. The van der Waals surface area contributed by atoms with Crippen LogP contribution in [-0.4, -0.2) is 11.1 Å². The van der Waals surface area contributed by atoms with Gasteiger partial charge in [0.15, 0.2) is 5.58 Å². The molecule has 0 amide bonds. The Morgan fingerprint density at radius 2 is 2.22 bits per heavy atom. The lowest BCUT2D eigenvalue weighted by Crippen LogP contribution is -2.20. The van der Waals surface area contributed by atoms with Gasteiger partial charge in [-0.15, -0.1) is 0 Å². The first-order valence-electron chi connectivity index (χ1n) is 5.68. The standard InChI is InChI=1S/C13H15N3O2/c1-13(2,7-14)8-15-9-4-5-11-10(6-9)16(3)12(17)18-11/h4-6,15H,8H2,1-3H3. The molecule has 0 saturated heterocycles. The minimum atomic E-state index is -0.433. The summed E-state index contributed by atoms with van der Waals surface area (Å²) in [4.78, 5) is 11.3. The number of nitrogens with one attached hydrogen (secondary N) is 1. The molecule has 0 bridgehead atoms. The van der Waals surface area contributed by atoms with Crippen LogP contribution in [0.25, 0.3) is 11.1 Å². The van der Waals surface area contributed by atoms with Gasteiger partial charge < -0.3 is 9.73 Å². The predicted molar refractivity (Wildman–Crippen MR) is 69.3 cm³/mol. The average Bonchev–Trinajstić information content (AvgIpc) is 2.63. The second-order valence-electron chi connectivity index (χ2n) is 4.96. The van der Waals surface area contributed by atoms with Crippen LogP contribution in [0.5, 0.6) is 0 Å². The zero-order valence-electron chi connectivity index (χ0n) is 10.7. The molecular weight excluding hydrogens is 230 g/mol. The number of anilines is 1. The Bertz CT molecular complexity index is 674. The Kier molecular flexibility index (Phi) is 2.87. The molecule has 0 aliphatic rings. The van der Waals surface area contributed by atoms with Gasteiger partial charge in [-0.3, -0.25) is 4.57 Å². The van der Waals surface area contributed by atoms with Gasteiger partial charge >= 0.3 is 5.76 Å². The molecule has 0 saturated carbocycles. The molecule has 0 fully saturated rings. The summed E-state index contributed by atoms with van der Waals surface area (Å²) in [6, 6.07) is 7.65. The Morgan fingerprint density at radius 3 is 2.89 bits per heavy atom. The fourth-order valence-corrected chi connectivity index (χ4v) is 1.60. The fraction of sp³-hybridized carbons (Fsp3) is 0.385. The minimum absolute atomic E-state index is 0.375. The smallest absolute Gasteiger partial charge is 0.408 e. The number of aromatic nitrogens is 1. The first kappa shape index (κ1) is 12.2. The van der Waals surface area contributed by atoms with Crippen molar-refractivity contribution in [1.82, 2.24) is 4.57 Å². The molecule has 1 aromatic heterocycles. The van der Waals surface area contributed by atoms with Crippen LogP contribution in [0, 0.1) is 16.7 Å². The number of nitrogens with zero attached hydrogens (tertiary/aromatic N) is 2. The number of hydrogen-bond acceptors (Lipinski definition) is 4. The van der Waals surface area contributed by atoms with Gasteiger partial charge in [-0.25, -0.2) is 4.79 Å². The maximum Gasteiger partial charge on any atom is 0.419 e. The minimum Gasteiger partial charge on any atom is -0.408 e. The van der Waals surface area contributed by atoms with Gasteiger partial charge in [-0.2, -0.15) is 5.26 Å². The summed E-state index contributed by atoms with van der Waals surface area (Å²) in [5.74, 6) is -0.375. The van der Waals surface area contributed by atoms with Crippen molar-refractivity contribution < 1.29 is 4.42 Å². The van der Waals surface area contributed by atoms with Gasteiger partial charge in [0.05, 0.1) is 17.0 Å². The molecule has 1 N–H and O–H groups in total. The molecule has 94 valence electrons. The van der Waals surface area contributed by atoms with E-state index in [1.807, 2.05) is 26.0 Å². The van der Waals surface area contributed by atoms with Gasteiger partial charge in [0, 0.05) is 19.3 Å². The van der Waals surface area contributed by atoms with Crippen molar-refractivity contribution in [2.45, 2.75) is 13.8 Å². The third-order valence-corrected chi connectivity index (χ3v) is 2.83. The van der Waals surface area contributed by atoms with E-state index < -0.39 is 5.41 Å². The maximum absolute atomic E-state index is 11.3. The number of nitriles is 1. The maximum atomic E-state index is 11.3. The highest BCUT2D eigenvalue weighted by molar-refractivity contribution is 5.77. The zero-order chi connectivity index (χ0) is 13.3. The molecule has 0 aliphatic carbocycles. The van der Waals surface area contributed by atoms with Gasteiger partial charge in [0.1, 0.15) is 0 Å². The Hall–Kier alpha value is -2.22. The highest BCUT2D eigenvalue weighted by Gasteiger charge is 2.16. The Labute approximate surface area is 105 Å². The molecule has 5 nitrogen and oxygen atoms in total. The predicted octanol–water partition coefficient (Wildman–Crippen LogP) is 2.09. The van der Waals surface area contributed by atoms with Crippen molar-refractivity contribution in [3.8, 4) is 6.07 Å². The highest BCUT2D eigenvalue weighted by atomic mass is 16.4. The molecule has 2 rings (SSSR count). The van der Waals surface area contributed by atoms with Crippen molar-refractivity contribution in [3.05, 3.63) is 28.7 Å². The van der Waals surface area contributed by atoms with Crippen molar-refractivity contribution in [1.29, 1.82) is 5.26 Å². The molecule has 1 aromatic carbocycles. The van der Waals surface area contributed by atoms with E-state index in [0.717, 1.165) is 11.2 Å². The van der Waals surface area contributed by atoms with Gasteiger partial charge in [-0.05, 0) is 32.0 Å². The number of oxazole rings is 1. The molecule has 0 aliphatic heterocycles. The van der Waals surface area contributed by atoms with E-state index in [1.165, 1.54) is 4.57 Å². The second kappa shape index (κ2) is 4.22. The van der Waals surface area contributed by atoms with E-state index in [0.29, 0.717) is 12.1 Å². The quantitative estimate of drug-likeness (QED) is 0.898. The lowest BCUT2D eigenvalue weighted by Gasteiger charge is -2.16. The summed E-state index contributed by atoms with van der Waals surface area (Å²) in [6.07, 6.45) is 0. The lowest BCUT2D eigenvalue weighted by molar-refractivity contribution is 0.528. The van der Waals surface area contributed by atoms with Crippen LogP contribution in [-0.2, 0) is 7.05 Å². The Balaban J connectivity index is 2.28. The van der Waals surface area contributed by atoms with Crippen LogP contribution in [0.15, 0.2) is 27.4 Å². The fourth-order valence-electron chi connectivity index (χ4n) is 1.60. The van der Waals surface area contributed by atoms with Crippen LogP contribution in [0.3, 0.4) is 0 Å². The highest BCUT2D eigenvalue weighted by Crippen LogP contribution is 2.20. The van der Waals surface area contributed by atoms with Crippen molar-refractivity contribution in [2.75, 3.05) is 11.9 Å². The summed E-state index contributed by atoms with van der Waals surface area (Å²) >= 11 is 0. The van der Waals surface area contributed by atoms with Crippen molar-refractivity contribution in [2.24, 2.45) is 12.5 Å². The first-order valence-corrected chi connectivity index (χ1v) is 5.68. The van der Waals surface area contributed by atoms with E-state index >= 15 is 0 Å². The van der Waals surface area contributed by atoms with Crippen LogP contribution < -0.4 is 11.1 Å². The van der Waals surface area contributed by atoms with Crippen LogP contribution >= 0.6 is 0 Å². The topological polar surface area (TPSA) is 71.0 Å². The molecule has 5 heteroatoms. The van der Waals surface area contributed by atoms with E-state index in [1.54, 1.807) is 13.1 Å². The third-order valence-electron chi connectivity index (χ3n) is 2.83. The van der Waals surface area contributed by atoms with Crippen LogP contribution in [0.4, 0.5) is 5.69 Å². The number of benzene rings is 1. The van der Waals surface area contributed by atoms with Crippen LogP contribution in [0.1, 0.15) is 13.8 Å². The molecule has 18 heavy (non-hydrogen) atoms. The summed E-state index contributed by atoms with van der Waals surface area (Å²) in [5.41, 5.74) is 1.73. The van der Waals surface area contributed by atoms with E-state index in [9.17, 15) is 4.79 Å². The largest absolute Gasteiger partial charge is 0.419 e. The zero-order valence-corrected chi connectivity index (χ0v) is 10.7. The summed E-state index contributed by atoms with van der Waals surface area (Å²) in [7, 11) is 1.66. The average molecular weight is 245 g/mol. The molecule has 0 radical (unpaired) electrons. The van der Waals surface area contributed by atoms with Crippen LogP contribution in [0.2, 0.25) is 0 Å². The molecular formula is C13H15N3O2. The van der Waals surface area contributed by atoms with E-state index in [4.69, 9.17) is 9.68 Å². The van der Waals surface area contributed by atoms with Gasteiger partial charge in [-0.1, -0.05) is 0 Å². The normalized spacial score (nSPS) is 11.4. The van der Waals surface area contributed by atoms with E-state index in [2.05, 4.69) is 11.4 Å². The summed E-state index contributed by atoms with van der Waals surface area (Å²) < 4.78 is 6.50. The summed E-state index contributed by atoms with van der Waals surface area (Å²) in [6.45, 7) is 4.28. The van der Waals surface area contributed by atoms with Gasteiger partial charge in [0.2, 0.25) is 0 Å². The van der Waals surface area contributed by atoms with Crippen molar-refractivity contribution in [3.63, 3.8) is 0 Å². The number of rotatable bonds is 3. The van der Waals surface area contributed by atoms with Crippen molar-refractivity contribution >= 4 is 16.8 Å². The SMILES string of the molecule is Cn1c(=O)oc2ccc(NCC(C)(C)C#N)cc21. The number of aryl methyl sites for hydroxylation is 1. The van der Waals surface area contributed by atoms with E-state index in [-0.39, 0.29) is 5.76 Å². The molecule has 0 unspecified atom stereocenters. The third kappa shape index (κ3) is 2.23.